The van der Waals surface area contributed by atoms with Crippen LogP contribution in [-0.2, 0) is 10.0 Å². The number of hydrogen-bond acceptors (Lipinski definition) is 7. The van der Waals surface area contributed by atoms with E-state index in [0.717, 1.165) is 0 Å². The van der Waals surface area contributed by atoms with E-state index in [4.69, 9.17) is 10.4 Å². The molecular weight excluding hydrogens is 258 g/mol. The number of sulfonamides is 1. The Kier molecular flexibility index (Phi) is 3.17. The summed E-state index contributed by atoms with van der Waals surface area (Å²) in [5.41, 5.74) is 2.30. The van der Waals surface area contributed by atoms with Gasteiger partial charge in [0.15, 0.2) is 5.82 Å². The first-order valence-electron chi connectivity index (χ1n) is 4.90. The van der Waals surface area contributed by atoms with Gasteiger partial charge >= 0.3 is 0 Å². The molecule has 18 heavy (non-hydrogen) atoms. The van der Waals surface area contributed by atoms with E-state index in [0.29, 0.717) is 11.6 Å². The molecule has 0 atom stereocenters. The van der Waals surface area contributed by atoms with E-state index in [9.17, 15) is 8.42 Å². The summed E-state index contributed by atoms with van der Waals surface area (Å²) in [5, 5.41) is 3.54. The number of nitrogen functional groups attached to an aromatic ring is 1. The lowest BCUT2D eigenvalue weighted by Gasteiger charge is -2.05. The number of aryl methyl sites for hydroxylation is 1. The summed E-state index contributed by atoms with van der Waals surface area (Å²) in [6, 6.07) is 4.29. The van der Waals surface area contributed by atoms with Crippen LogP contribution in [0.5, 0.6) is 0 Å². The fourth-order valence-electron chi connectivity index (χ4n) is 1.24. The normalized spacial score (nSPS) is 11.2. The fraction of sp³-hybridized carbons (Fsp3) is 0.111. The van der Waals surface area contributed by atoms with Crippen molar-refractivity contribution in [3.63, 3.8) is 0 Å². The molecule has 0 unspecified atom stereocenters. The second-order valence-corrected chi connectivity index (χ2v) is 5.13. The number of anilines is 2. The van der Waals surface area contributed by atoms with Gasteiger partial charge in [0.25, 0.3) is 10.0 Å². The van der Waals surface area contributed by atoms with Crippen LogP contribution in [0.1, 0.15) is 5.76 Å². The maximum Gasteiger partial charge on any atom is 0.264 e. The number of nitrogens with two attached hydrogens (primary N) is 1. The average Bonchev–Trinajstić information content (AvgIpc) is 2.74. The Bertz CT molecular complexity index is 634. The highest BCUT2D eigenvalue weighted by Gasteiger charge is 2.16. The number of rotatable bonds is 4. The first kappa shape index (κ1) is 12.3. The van der Waals surface area contributed by atoms with E-state index in [1.807, 2.05) is 0 Å². The van der Waals surface area contributed by atoms with Gasteiger partial charge in [-0.2, -0.15) is 0 Å². The minimum Gasteiger partial charge on any atom is -0.360 e. The van der Waals surface area contributed by atoms with Gasteiger partial charge < -0.3 is 9.95 Å². The number of pyridine rings is 1. The van der Waals surface area contributed by atoms with Crippen LogP contribution in [0.25, 0.3) is 0 Å². The van der Waals surface area contributed by atoms with Gasteiger partial charge in [-0.25, -0.2) is 19.2 Å². The molecule has 8 nitrogen and oxygen atoms in total. The summed E-state index contributed by atoms with van der Waals surface area (Å²) in [6.45, 7) is 1.66. The molecule has 0 aliphatic heterocycles. The summed E-state index contributed by atoms with van der Waals surface area (Å²) in [6.07, 6.45) is 1.18. The molecule has 0 bridgehead atoms. The van der Waals surface area contributed by atoms with Crippen LogP contribution in [0.4, 0.5) is 11.6 Å². The van der Waals surface area contributed by atoms with Crippen molar-refractivity contribution in [2.24, 2.45) is 5.84 Å². The maximum atomic E-state index is 11.9. The van der Waals surface area contributed by atoms with E-state index >= 15 is 0 Å². The molecule has 0 spiro atoms. The zero-order valence-corrected chi connectivity index (χ0v) is 10.2. The zero-order chi connectivity index (χ0) is 13.2. The van der Waals surface area contributed by atoms with Crippen LogP contribution < -0.4 is 16.0 Å². The van der Waals surface area contributed by atoms with Crippen molar-refractivity contribution in [3.05, 3.63) is 30.2 Å². The van der Waals surface area contributed by atoms with E-state index in [2.05, 4.69) is 20.3 Å². The van der Waals surface area contributed by atoms with Crippen LogP contribution in [0, 0.1) is 6.92 Å². The Hall–Kier alpha value is -2.13. The van der Waals surface area contributed by atoms with E-state index < -0.39 is 10.0 Å². The molecule has 9 heteroatoms. The molecule has 96 valence electrons. The van der Waals surface area contributed by atoms with Crippen molar-refractivity contribution in [2.75, 3.05) is 10.1 Å². The molecule has 0 saturated carbocycles. The standard InChI is InChI=1S/C9H11N5O3S/c1-6-4-9(13-17-6)14-18(15,16)7-2-3-8(12-10)11-5-7/h2-5H,10H2,1H3,(H,11,12)(H,13,14). The second-order valence-electron chi connectivity index (χ2n) is 3.45. The van der Waals surface area contributed by atoms with Gasteiger partial charge in [0.2, 0.25) is 0 Å². The van der Waals surface area contributed by atoms with Crippen LogP contribution >= 0.6 is 0 Å². The molecule has 0 aliphatic rings. The number of hydrogen-bond donors (Lipinski definition) is 3. The molecule has 2 aromatic rings. The minimum absolute atomic E-state index is 0.00199. The highest BCUT2D eigenvalue weighted by molar-refractivity contribution is 7.92. The molecule has 0 aliphatic carbocycles. The third kappa shape index (κ3) is 2.57. The lowest BCUT2D eigenvalue weighted by molar-refractivity contribution is 0.400. The number of nitrogens with zero attached hydrogens (tertiary/aromatic N) is 2. The van der Waals surface area contributed by atoms with Crippen molar-refractivity contribution < 1.29 is 12.9 Å². The van der Waals surface area contributed by atoms with E-state index in [1.54, 1.807) is 6.92 Å². The lowest BCUT2D eigenvalue weighted by atomic mass is 10.5. The zero-order valence-electron chi connectivity index (χ0n) is 9.41. The van der Waals surface area contributed by atoms with E-state index in [-0.39, 0.29) is 10.7 Å². The molecule has 0 saturated heterocycles. The molecule has 2 heterocycles. The minimum atomic E-state index is -3.73. The van der Waals surface area contributed by atoms with Gasteiger partial charge in [-0.05, 0) is 19.1 Å². The summed E-state index contributed by atoms with van der Waals surface area (Å²) < 4.78 is 30.9. The van der Waals surface area contributed by atoms with E-state index in [1.165, 1.54) is 24.4 Å². The SMILES string of the molecule is Cc1cc(NS(=O)(=O)c2ccc(NN)nc2)no1. The molecule has 0 fully saturated rings. The van der Waals surface area contributed by atoms with Gasteiger partial charge in [0.1, 0.15) is 16.5 Å². The van der Waals surface area contributed by atoms with Crippen molar-refractivity contribution in [1.29, 1.82) is 0 Å². The average molecular weight is 269 g/mol. The summed E-state index contributed by atoms with van der Waals surface area (Å²) in [5.74, 6) is 6.13. The third-order valence-corrected chi connectivity index (χ3v) is 3.40. The number of hydrazine groups is 1. The van der Waals surface area contributed by atoms with Crippen LogP contribution in [-0.4, -0.2) is 18.6 Å². The highest BCUT2D eigenvalue weighted by Crippen LogP contribution is 2.15. The smallest absolute Gasteiger partial charge is 0.264 e. The molecule has 4 N–H and O–H groups in total. The highest BCUT2D eigenvalue weighted by atomic mass is 32.2. The summed E-state index contributed by atoms with van der Waals surface area (Å²) in [4.78, 5) is 3.81. The van der Waals surface area contributed by atoms with Crippen molar-refractivity contribution >= 4 is 21.7 Å². The van der Waals surface area contributed by atoms with Gasteiger partial charge in [-0.1, -0.05) is 5.16 Å². The number of aromatic nitrogens is 2. The molecule has 0 amide bonds. The van der Waals surface area contributed by atoms with Crippen LogP contribution in [0.3, 0.4) is 0 Å². The topological polar surface area (TPSA) is 123 Å². The predicted octanol–water partition coefficient (Wildman–Crippen LogP) is 0.464. The predicted molar refractivity (Wildman–Crippen MR) is 64.1 cm³/mol. The van der Waals surface area contributed by atoms with Crippen LogP contribution in [0.2, 0.25) is 0 Å². The van der Waals surface area contributed by atoms with Gasteiger partial charge in [-0.15, -0.1) is 0 Å². The van der Waals surface area contributed by atoms with Crippen molar-refractivity contribution in [3.8, 4) is 0 Å². The van der Waals surface area contributed by atoms with Gasteiger partial charge in [-0.3, -0.25) is 4.72 Å². The largest absolute Gasteiger partial charge is 0.360 e. The molecular formula is C9H11N5O3S. The lowest BCUT2D eigenvalue weighted by Crippen LogP contribution is -2.14. The first-order chi connectivity index (χ1) is 8.51. The molecule has 2 aromatic heterocycles. The summed E-state index contributed by atoms with van der Waals surface area (Å²) >= 11 is 0. The van der Waals surface area contributed by atoms with Crippen molar-refractivity contribution in [1.82, 2.24) is 10.1 Å². The Morgan fingerprint density at radius 2 is 2.11 bits per heavy atom. The fourth-order valence-corrected chi connectivity index (χ4v) is 2.16. The Balaban J connectivity index is 2.24. The summed E-state index contributed by atoms with van der Waals surface area (Å²) in [7, 11) is -3.73. The molecule has 0 radical (unpaired) electrons. The third-order valence-electron chi connectivity index (χ3n) is 2.06. The Morgan fingerprint density at radius 3 is 2.61 bits per heavy atom. The van der Waals surface area contributed by atoms with Gasteiger partial charge in [0, 0.05) is 12.3 Å². The monoisotopic (exact) mass is 269 g/mol. The quantitative estimate of drug-likeness (QED) is 0.544. The van der Waals surface area contributed by atoms with Crippen molar-refractivity contribution in [2.45, 2.75) is 11.8 Å². The molecule has 2 rings (SSSR count). The molecule has 0 aromatic carbocycles. The maximum absolute atomic E-state index is 11.9. The Labute approximate surface area is 103 Å². The van der Waals surface area contributed by atoms with Gasteiger partial charge in [0.05, 0.1) is 0 Å². The second kappa shape index (κ2) is 4.63. The first-order valence-corrected chi connectivity index (χ1v) is 6.38. The van der Waals surface area contributed by atoms with Crippen LogP contribution in [0.15, 0.2) is 33.8 Å². The number of nitrogens with one attached hydrogen (secondary N) is 2. The Morgan fingerprint density at radius 1 is 1.33 bits per heavy atom.